The van der Waals surface area contributed by atoms with Gasteiger partial charge in [0.1, 0.15) is 0 Å². The monoisotopic (exact) mass is 325 g/mol. The van der Waals surface area contributed by atoms with E-state index in [1.165, 1.54) is 23.9 Å². The van der Waals surface area contributed by atoms with Gasteiger partial charge in [0.05, 0.1) is 11.5 Å². The van der Waals surface area contributed by atoms with Crippen molar-refractivity contribution in [3.05, 3.63) is 31.9 Å². The fourth-order valence-corrected chi connectivity index (χ4v) is 2.51. The molecule has 0 bridgehead atoms. The van der Waals surface area contributed by atoms with Crippen molar-refractivity contribution in [1.29, 1.82) is 0 Å². The summed E-state index contributed by atoms with van der Waals surface area (Å²) in [5.74, 6) is 0.605. The van der Waals surface area contributed by atoms with Crippen molar-refractivity contribution in [2.24, 2.45) is 0 Å². The van der Waals surface area contributed by atoms with Crippen molar-refractivity contribution < 1.29 is 10.0 Å². The summed E-state index contributed by atoms with van der Waals surface area (Å²) in [4.78, 5) is 11.0. The van der Waals surface area contributed by atoms with Gasteiger partial charge in [-0.2, -0.15) is 0 Å². The minimum Gasteiger partial charge on any atom is -0.396 e. The number of hydrogen-bond acceptors (Lipinski definition) is 4. The predicted molar refractivity (Wildman–Crippen MR) is 63.6 cm³/mol. The van der Waals surface area contributed by atoms with Gasteiger partial charge in [0.15, 0.2) is 0 Å². The van der Waals surface area contributed by atoms with Gasteiger partial charge >= 0.3 is 0 Å². The summed E-state index contributed by atoms with van der Waals surface area (Å²) in [5, 5.41) is 19.1. The molecule has 1 aromatic carbocycles. The molecule has 0 heterocycles. The van der Waals surface area contributed by atoms with Crippen molar-refractivity contribution >= 4 is 40.0 Å². The highest BCUT2D eigenvalue weighted by Crippen LogP contribution is 2.27. The zero-order chi connectivity index (χ0) is 10.6. The lowest BCUT2D eigenvalue weighted by Crippen LogP contribution is -1.91. The summed E-state index contributed by atoms with van der Waals surface area (Å²) in [6.07, 6.45) is 0. The van der Waals surface area contributed by atoms with E-state index in [-0.39, 0.29) is 12.3 Å². The molecule has 0 unspecified atom stereocenters. The van der Waals surface area contributed by atoms with Crippen molar-refractivity contribution in [2.45, 2.75) is 4.90 Å². The van der Waals surface area contributed by atoms with Gasteiger partial charge in [-0.25, -0.2) is 0 Å². The molecule has 0 fully saturated rings. The van der Waals surface area contributed by atoms with Crippen molar-refractivity contribution in [3.63, 3.8) is 0 Å². The number of nitro benzene ring substituents is 1. The summed E-state index contributed by atoms with van der Waals surface area (Å²) < 4.78 is 0.843. The first-order chi connectivity index (χ1) is 6.65. The molecule has 0 amide bonds. The second kappa shape index (κ2) is 5.52. The number of benzene rings is 1. The van der Waals surface area contributed by atoms with E-state index >= 15 is 0 Å². The molecule has 0 aromatic heterocycles. The van der Waals surface area contributed by atoms with Gasteiger partial charge in [-0.05, 0) is 28.7 Å². The van der Waals surface area contributed by atoms with E-state index in [2.05, 4.69) is 22.6 Å². The number of aliphatic hydroxyl groups excluding tert-OH is 1. The first-order valence-corrected chi connectivity index (χ1v) is 5.89. The molecule has 0 aliphatic heterocycles. The van der Waals surface area contributed by atoms with Crippen LogP contribution in [-0.4, -0.2) is 22.4 Å². The molecule has 1 rings (SSSR count). The van der Waals surface area contributed by atoms with Crippen LogP contribution in [0, 0.1) is 13.7 Å². The van der Waals surface area contributed by atoms with Crippen LogP contribution in [-0.2, 0) is 0 Å². The lowest BCUT2D eigenvalue weighted by molar-refractivity contribution is -0.385. The van der Waals surface area contributed by atoms with Crippen LogP contribution in [0.1, 0.15) is 0 Å². The van der Waals surface area contributed by atoms with E-state index < -0.39 is 4.92 Å². The van der Waals surface area contributed by atoms with Gasteiger partial charge in [-0.1, -0.05) is 0 Å². The van der Waals surface area contributed by atoms with Gasteiger partial charge in [-0.15, -0.1) is 11.8 Å². The molecule has 0 aliphatic carbocycles. The molecule has 0 aliphatic rings. The van der Waals surface area contributed by atoms with Crippen LogP contribution in [0.25, 0.3) is 0 Å². The molecule has 0 atom stereocenters. The van der Waals surface area contributed by atoms with Gasteiger partial charge in [-0.3, -0.25) is 10.1 Å². The van der Waals surface area contributed by atoms with E-state index in [4.69, 9.17) is 5.11 Å². The Bertz CT molecular complexity index is 345. The van der Waals surface area contributed by atoms with Crippen LogP contribution in [0.2, 0.25) is 0 Å². The fraction of sp³-hybridized carbons (Fsp3) is 0.250. The van der Waals surface area contributed by atoms with Gasteiger partial charge in [0, 0.05) is 26.4 Å². The predicted octanol–water partition coefficient (Wildman–Crippen LogP) is 2.28. The third kappa shape index (κ3) is 3.10. The zero-order valence-electron chi connectivity index (χ0n) is 7.14. The van der Waals surface area contributed by atoms with Crippen LogP contribution in [0.15, 0.2) is 23.1 Å². The molecule has 6 heteroatoms. The Hall–Kier alpha value is -0.340. The Balaban J connectivity index is 2.84. The molecule has 76 valence electrons. The summed E-state index contributed by atoms with van der Waals surface area (Å²) in [5.41, 5.74) is 0.0998. The number of hydrogen-bond donors (Lipinski definition) is 1. The Morgan fingerprint density at radius 2 is 2.29 bits per heavy atom. The van der Waals surface area contributed by atoms with Crippen LogP contribution in [0.3, 0.4) is 0 Å². The molecular formula is C8H8INO3S. The van der Waals surface area contributed by atoms with E-state index in [0.717, 1.165) is 8.47 Å². The first kappa shape index (κ1) is 11.7. The Labute approximate surface area is 99.0 Å². The summed E-state index contributed by atoms with van der Waals surface area (Å²) in [7, 11) is 0. The van der Waals surface area contributed by atoms with Crippen LogP contribution in [0.4, 0.5) is 5.69 Å². The highest BCUT2D eigenvalue weighted by molar-refractivity contribution is 14.1. The van der Waals surface area contributed by atoms with Crippen LogP contribution in [0.5, 0.6) is 0 Å². The zero-order valence-corrected chi connectivity index (χ0v) is 10.1. The number of aliphatic hydroxyl groups is 1. The topological polar surface area (TPSA) is 63.4 Å². The van der Waals surface area contributed by atoms with Crippen LogP contribution < -0.4 is 0 Å². The molecule has 4 nitrogen and oxygen atoms in total. The number of non-ortho nitro benzene ring substituents is 1. The molecule has 1 aromatic rings. The lowest BCUT2D eigenvalue weighted by Gasteiger charge is -2.02. The normalized spacial score (nSPS) is 10.1. The number of nitrogens with zero attached hydrogens (tertiary/aromatic N) is 1. The molecule has 0 saturated carbocycles. The number of nitro groups is 1. The molecule has 0 saturated heterocycles. The number of thioether (sulfide) groups is 1. The average Bonchev–Trinajstić information content (AvgIpc) is 2.15. The van der Waals surface area contributed by atoms with Crippen molar-refractivity contribution in [3.8, 4) is 0 Å². The van der Waals surface area contributed by atoms with Crippen molar-refractivity contribution in [2.75, 3.05) is 12.4 Å². The van der Waals surface area contributed by atoms with E-state index in [0.29, 0.717) is 5.75 Å². The molecular weight excluding hydrogens is 317 g/mol. The maximum Gasteiger partial charge on any atom is 0.270 e. The second-order valence-electron chi connectivity index (χ2n) is 2.44. The third-order valence-electron chi connectivity index (χ3n) is 1.48. The SMILES string of the molecule is O=[N+]([O-])c1ccc(SCCO)c(I)c1. The Morgan fingerprint density at radius 3 is 2.79 bits per heavy atom. The molecule has 0 radical (unpaired) electrons. The minimum atomic E-state index is -0.414. The van der Waals surface area contributed by atoms with Gasteiger partial charge in [0.2, 0.25) is 0 Å². The van der Waals surface area contributed by atoms with E-state index in [9.17, 15) is 10.1 Å². The van der Waals surface area contributed by atoms with Gasteiger partial charge < -0.3 is 5.11 Å². The first-order valence-electron chi connectivity index (χ1n) is 3.82. The molecule has 14 heavy (non-hydrogen) atoms. The van der Waals surface area contributed by atoms with Crippen molar-refractivity contribution in [1.82, 2.24) is 0 Å². The molecule has 0 spiro atoms. The average molecular weight is 325 g/mol. The van der Waals surface area contributed by atoms with E-state index in [1.54, 1.807) is 6.07 Å². The highest BCUT2D eigenvalue weighted by Gasteiger charge is 2.08. The number of halogens is 1. The Kier molecular flexibility index (Phi) is 4.63. The number of rotatable bonds is 4. The summed E-state index contributed by atoms with van der Waals surface area (Å²) in [6.45, 7) is 0.109. The Morgan fingerprint density at radius 1 is 1.57 bits per heavy atom. The minimum absolute atomic E-state index is 0.0998. The van der Waals surface area contributed by atoms with Crippen LogP contribution >= 0.6 is 34.4 Å². The summed E-state index contributed by atoms with van der Waals surface area (Å²) >= 11 is 3.54. The standard InChI is InChI=1S/C8H8INO3S/c9-7-5-6(10(12)13)1-2-8(7)14-4-3-11/h1-2,5,11H,3-4H2. The fourth-order valence-electron chi connectivity index (χ4n) is 0.876. The quantitative estimate of drug-likeness (QED) is 0.399. The second-order valence-corrected chi connectivity index (χ2v) is 4.74. The maximum absolute atomic E-state index is 10.4. The highest BCUT2D eigenvalue weighted by atomic mass is 127. The molecule has 1 N–H and O–H groups in total. The smallest absolute Gasteiger partial charge is 0.270 e. The lowest BCUT2D eigenvalue weighted by atomic mass is 10.3. The van der Waals surface area contributed by atoms with Gasteiger partial charge in [0.25, 0.3) is 5.69 Å². The summed E-state index contributed by atoms with van der Waals surface area (Å²) in [6, 6.07) is 4.71. The third-order valence-corrected chi connectivity index (χ3v) is 3.79. The largest absolute Gasteiger partial charge is 0.396 e. The maximum atomic E-state index is 10.4. The van der Waals surface area contributed by atoms with E-state index in [1.807, 2.05) is 0 Å².